The molecule has 90 valence electrons. The van der Waals surface area contributed by atoms with E-state index in [-0.39, 0.29) is 6.04 Å². The number of rotatable bonds is 5. The summed E-state index contributed by atoms with van der Waals surface area (Å²) in [6.45, 7) is 4.37. The summed E-state index contributed by atoms with van der Waals surface area (Å²) in [7, 11) is 0. The van der Waals surface area contributed by atoms with Crippen molar-refractivity contribution in [2.24, 2.45) is 11.7 Å². The molecule has 0 aliphatic heterocycles. The highest BCUT2D eigenvalue weighted by Gasteiger charge is 2.14. The second kappa shape index (κ2) is 6.48. The quantitative estimate of drug-likeness (QED) is 0.839. The van der Waals surface area contributed by atoms with Gasteiger partial charge in [0.05, 0.1) is 0 Å². The Morgan fingerprint density at radius 1 is 1.31 bits per heavy atom. The van der Waals surface area contributed by atoms with Gasteiger partial charge in [0.25, 0.3) is 0 Å². The third-order valence-electron chi connectivity index (χ3n) is 2.95. The number of hydrogen-bond donors (Lipinski definition) is 1. The summed E-state index contributed by atoms with van der Waals surface area (Å²) in [6, 6.07) is 5.76. The van der Waals surface area contributed by atoms with E-state index >= 15 is 0 Å². The summed E-state index contributed by atoms with van der Waals surface area (Å²) in [4.78, 5) is 0. The Morgan fingerprint density at radius 2 is 2.00 bits per heavy atom. The standard InChI is InChI=1S/C13H19Cl2N/c1-3-4-9(2)13(16)7-10-5-6-11(14)8-12(10)15/h5-6,8-9,13H,3-4,7,16H2,1-2H3. The van der Waals surface area contributed by atoms with Gasteiger partial charge >= 0.3 is 0 Å². The van der Waals surface area contributed by atoms with Crippen molar-refractivity contribution in [2.45, 2.75) is 39.2 Å². The molecule has 2 unspecified atom stereocenters. The minimum Gasteiger partial charge on any atom is -0.327 e. The van der Waals surface area contributed by atoms with Gasteiger partial charge < -0.3 is 5.73 Å². The molecule has 0 saturated heterocycles. The molecule has 2 N–H and O–H groups in total. The van der Waals surface area contributed by atoms with Gasteiger partial charge in [-0.3, -0.25) is 0 Å². The van der Waals surface area contributed by atoms with Crippen LogP contribution in [0.1, 0.15) is 32.3 Å². The summed E-state index contributed by atoms with van der Waals surface area (Å²) in [5.74, 6) is 0.525. The monoisotopic (exact) mass is 259 g/mol. The van der Waals surface area contributed by atoms with Crippen LogP contribution in [0.3, 0.4) is 0 Å². The minimum atomic E-state index is 0.165. The minimum absolute atomic E-state index is 0.165. The first kappa shape index (κ1) is 13.8. The van der Waals surface area contributed by atoms with Gasteiger partial charge in [-0.25, -0.2) is 0 Å². The van der Waals surface area contributed by atoms with Gasteiger partial charge in [-0.1, -0.05) is 49.5 Å². The van der Waals surface area contributed by atoms with Gasteiger partial charge in [0, 0.05) is 16.1 Å². The number of halogens is 2. The molecule has 0 saturated carbocycles. The lowest BCUT2D eigenvalue weighted by atomic mass is 9.92. The SMILES string of the molecule is CCCC(C)C(N)Cc1ccc(Cl)cc1Cl. The van der Waals surface area contributed by atoms with Crippen LogP contribution in [-0.4, -0.2) is 6.04 Å². The molecule has 0 radical (unpaired) electrons. The lowest BCUT2D eigenvalue weighted by molar-refractivity contribution is 0.420. The normalized spacial score (nSPS) is 14.8. The Bertz CT molecular complexity index is 339. The molecule has 0 aliphatic carbocycles. The maximum atomic E-state index is 6.15. The first-order valence-electron chi connectivity index (χ1n) is 5.74. The molecule has 0 spiro atoms. The zero-order valence-corrected chi connectivity index (χ0v) is 11.4. The highest BCUT2D eigenvalue weighted by Crippen LogP contribution is 2.23. The van der Waals surface area contributed by atoms with Crippen molar-refractivity contribution in [2.75, 3.05) is 0 Å². The molecule has 0 bridgehead atoms. The van der Waals surface area contributed by atoms with Crippen molar-refractivity contribution in [3.8, 4) is 0 Å². The van der Waals surface area contributed by atoms with Gasteiger partial charge in [-0.05, 0) is 36.5 Å². The van der Waals surface area contributed by atoms with Crippen molar-refractivity contribution in [1.29, 1.82) is 0 Å². The van der Waals surface area contributed by atoms with Crippen molar-refractivity contribution < 1.29 is 0 Å². The smallest absolute Gasteiger partial charge is 0.0453 e. The van der Waals surface area contributed by atoms with Crippen LogP contribution in [0.2, 0.25) is 10.0 Å². The molecule has 2 atom stereocenters. The molecule has 16 heavy (non-hydrogen) atoms. The molecular weight excluding hydrogens is 241 g/mol. The zero-order valence-electron chi connectivity index (χ0n) is 9.84. The van der Waals surface area contributed by atoms with Crippen LogP contribution in [0.25, 0.3) is 0 Å². The van der Waals surface area contributed by atoms with Crippen LogP contribution in [0.5, 0.6) is 0 Å². The van der Waals surface area contributed by atoms with E-state index in [4.69, 9.17) is 28.9 Å². The van der Waals surface area contributed by atoms with Crippen molar-refractivity contribution in [3.05, 3.63) is 33.8 Å². The molecule has 1 rings (SSSR count). The first-order chi connectivity index (χ1) is 7.54. The average molecular weight is 260 g/mol. The van der Waals surface area contributed by atoms with Crippen molar-refractivity contribution in [1.82, 2.24) is 0 Å². The van der Waals surface area contributed by atoms with Gasteiger partial charge in [0.2, 0.25) is 0 Å². The number of hydrogen-bond acceptors (Lipinski definition) is 1. The van der Waals surface area contributed by atoms with E-state index in [0.717, 1.165) is 18.4 Å². The zero-order chi connectivity index (χ0) is 12.1. The molecule has 0 heterocycles. The molecular formula is C13H19Cl2N. The Labute approximate surface area is 108 Å². The number of nitrogens with two attached hydrogens (primary N) is 1. The first-order valence-corrected chi connectivity index (χ1v) is 6.49. The fraction of sp³-hybridized carbons (Fsp3) is 0.538. The molecule has 0 aromatic heterocycles. The highest BCUT2D eigenvalue weighted by molar-refractivity contribution is 6.35. The number of benzene rings is 1. The van der Waals surface area contributed by atoms with Gasteiger partial charge in [0.1, 0.15) is 0 Å². The topological polar surface area (TPSA) is 26.0 Å². The van der Waals surface area contributed by atoms with Crippen LogP contribution in [-0.2, 0) is 6.42 Å². The predicted molar refractivity (Wildman–Crippen MR) is 72.2 cm³/mol. The molecule has 1 aromatic carbocycles. The lowest BCUT2D eigenvalue weighted by Gasteiger charge is -2.19. The van der Waals surface area contributed by atoms with Crippen molar-refractivity contribution in [3.63, 3.8) is 0 Å². The highest BCUT2D eigenvalue weighted by atomic mass is 35.5. The Balaban J connectivity index is 2.65. The molecule has 1 aromatic rings. The van der Waals surface area contributed by atoms with E-state index in [1.165, 1.54) is 6.42 Å². The van der Waals surface area contributed by atoms with Gasteiger partial charge in [-0.15, -0.1) is 0 Å². The summed E-state index contributed by atoms with van der Waals surface area (Å²) < 4.78 is 0. The molecule has 0 amide bonds. The lowest BCUT2D eigenvalue weighted by Crippen LogP contribution is -2.30. The largest absolute Gasteiger partial charge is 0.327 e. The molecule has 3 heteroatoms. The van der Waals surface area contributed by atoms with E-state index in [1.54, 1.807) is 6.07 Å². The van der Waals surface area contributed by atoms with Crippen LogP contribution in [0.15, 0.2) is 18.2 Å². The molecule has 1 nitrogen and oxygen atoms in total. The summed E-state index contributed by atoms with van der Waals surface area (Å²) in [5, 5.41) is 1.38. The maximum absolute atomic E-state index is 6.15. The maximum Gasteiger partial charge on any atom is 0.0453 e. The fourth-order valence-electron chi connectivity index (χ4n) is 1.81. The summed E-state index contributed by atoms with van der Waals surface area (Å²) in [5.41, 5.74) is 7.24. The third-order valence-corrected chi connectivity index (χ3v) is 3.53. The van der Waals surface area contributed by atoms with E-state index in [9.17, 15) is 0 Å². The van der Waals surface area contributed by atoms with E-state index in [0.29, 0.717) is 16.0 Å². The van der Waals surface area contributed by atoms with E-state index in [1.807, 2.05) is 12.1 Å². The van der Waals surface area contributed by atoms with E-state index < -0.39 is 0 Å². The Hall–Kier alpha value is -0.240. The summed E-state index contributed by atoms with van der Waals surface area (Å²) in [6.07, 6.45) is 3.15. The summed E-state index contributed by atoms with van der Waals surface area (Å²) >= 11 is 12.0. The van der Waals surface area contributed by atoms with Crippen LogP contribution >= 0.6 is 23.2 Å². The van der Waals surface area contributed by atoms with Gasteiger partial charge in [0.15, 0.2) is 0 Å². The van der Waals surface area contributed by atoms with Crippen LogP contribution < -0.4 is 5.73 Å². The van der Waals surface area contributed by atoms with Gasteiger partial charge in [-0.2, -0.15) is 0 Å². The molecule has 0 aliphatic rings. The second-order valence-electron chi connectivity index (χ2n) is 4.37. The average Bonchev–Trinajstić information content (AvgIpc) is 2.22. The molecule has 0 fully saturated rings. The fourth-order valence-corrected chi connectivity index (χ4v) is 2.30. The Kier molecular flexibility index (Phi) is 5.60. The van der Waals surface area contributed by atoms with Crippen LogP contribution in [0.4, 0.5) is 0 Å². The Morgan fingerprint density at radius 3 is 2.56 bits per heavy atom. The predicted octanol–water partition coefficient (Wildman–Crippen LogP) is 4.30. The second-order valence-corrected chi connectivity index (χ2v) is 5.21. The van der Waals surface area contributed by atoms with E-state index in [2.05, 4.69) is 13.8 Å². The van der Waals surface area contributed by atoms with Crippen molar-refractivity contribution >= 4 is 23.2 Å². The third kappa shape index (κ3) is 3.97. The van der Waals surface area contributed by atoms with Crippen LogP contribution in [0, 0.1) is 5.92 Å².